The number of hydrogen-bond donors (Lipinski definition) is 1. The predicted octanol–water partition coefficient (Wildman–Crippen LogP) is 10.5. The molecule has 0 aromatic heterocycles. The van der Waals surface area contributed by atoms with Crippen molar-refractivity contribution in [2.45, 2.75) is 143 Å². The van der Waals surface area contributed by atoms with Gasteiger partial charge in [-0.3, -0.25) is 14.5 Å². The maximum absolute atomic E-state index is 13.1. The number of aryl methyl sites for hydroxylation is 2. The summed E-state index contributed by atoms with van der Waals surface area (Å²) >= 11 is 0. The summed E-state index contributed by atoms with van der Waals surface area (Å²) in [6, 6.07) is 17.4. The molecule has 2 aromatic rings. The number of benzene rings is 2. The van der Waals surface area contributed by atoms with Crippen LogP contribution in [-0.4, -0.2) is 43.0 Å². The van der Waals surface area contributed by atoms with E-state index < -0.39 is 0 Å². The summed E-state index contributed by atoms with van der Waals surface area (Å²) in [5, 5.41) is 3.17. The second kappa shape index (κ2) is 21.3. The third-order valence-electron chi connectivity index (χ3n) is 10.0. The van der Waals surface area contributed by atoms with Crippen molar-refractivity contribution in [1.29, 1.82) is 0 Å². The lowest BCUT2D eigenvalue weighted by molar-refractivity contribution is -0.129. The van der Waals surface area contributed by atoms with Crippen molar-refractivity contribution >= 4 is 23.2 Å². The molecule has 256 valence electrons. The van der Waals surface area contributed by atoms with Gasteiger partial charge in [0.2, 0.25) is 11.8 Å². The molecule has 0 aliphatic carbocycles. The van der Waals surface area contributed by atoms with Crippen molar-refractivity contribution in [3.63, 3.8) is 0 Å². The Bertz CT molecular complexity index is 1120. The monoisotopic (exact) mass is 633 g/mol. The highest BCUT2D eigenvalue weighted by atomic mass is 16.2. The number of carbonyl (C=O) groups is 2. The molecule has 0 bridgehead atoms. The zero-order valence-electron chi connectivity index (χ0n) is 30.0. The number of amides is 2. The van der Waals surface area contributed by atoms with Crippen LogP contribution in [-0.2, 0) is 9.59 Å². The van der Waals surface area contributed by atoms with Gasteiger partial charge in [0.05, 0.1) is 6.54 Å². The van der Waals surface area contributed by atoms with Crippen molar-refractivity contribution in [2.75, 3.05) is 26.3 Å². The number of para-hydroxylation sites is 2. The van der Waals surface area contributed by atoms with E-state index in [1.54, 1.807) is 0 Å². The molecule has 0 saturated carbocycles. The molecular weight excluding hydrogens is 566 g/mol. The topological polar surface area (TPSA) is 49.4 Å². The summed E-state index contributed by atoms with van der Waals surface area (Å²) in [5.74, 6) is 0.890. The molecule has 2 amide bonds. The smallest absolute Gasteiger partial charge is 0.227 e. The highest BCUT2D eigenvalue weighted by Crippen LogP contribution is 2.40. The Hall–Kier alpha value is -2.66. The van der Waals surface area contributed by atoms with E-state index in [4.69, 9.17) is 0 Å². The van der Waals surface area contributed by atoms with E-state index in [-0.39, 0.29) is 11.8 Å². The molecule has 1 unspecified atom stereocenters. The minimum Gasteiger partial charge on any atom is -0.356 e. The Labute approximate surface area is 282 Å². The van der Waals surface area contributed by atoms with Gasteiger partial charge >= 0.3 is 0 Å². The van der Waals surface area contributed by atoms with Gasteiger partial charge in [0.25, 0.3) is 0 Å². The molecule has 1 aliphatic heterocycles. The summed E-state index contributed by atoms with van der Waals surface area (Å²) in [6.07, 6.45) is 21.4. The summed E-state index contributed by atoms with van der Waals surface area (Å²) in [7, 11) is 0. The molecule has 1 atom stereocenters. The van der Waals surface area contributed by atoms with Gasteiger partial charge in [0, 0.05) is 37.1 Å². The molecule has 1 saturated heterocycles. The Balaban J connectivity index is 1.41. The van der Waals surface area contributed by atoms with Crippen LogP contribution in [0.5, 0.6) is 0 Å². The molecule has 1 N–H and O–H groups in total. The first-order valence-electron chi connectivity index (χ1n) is 18.9. The second-order valence-corrected chi connectivity index (χ2v) is 14.2. The van der Waals surface area contributed by atoms with Gasteiger partial charge in [0.15, 0.2) is 6.67 Å². The van der Waals surface area contributed by atoms with Gasteiger partial charge in [-0.2, -0.15) is 0 Å². The maximum Gasteiger partial charge on any atom is 0.227 e. The molecule has 1 aliphatic rings. The van der Waals surface area contributed by atoms with Crippen LogP contribution in [0.25, 0.3) is 0 Å². The average molecular weight is 633 g/mol. The molecular formula is C41H66N3O2+. The highest BCUT2D eigenvalue weighted by Gasteiger charge is 2.41. The van der Waals surface area contributed by atoms with Crippen LogP contribution < -0.4 is 9.80 Å². The number of hydrogen-bond acceptors (Lipinski definition) is 2. The predicted molar refractivity (Wildman–Crippen MR) is 196 cm³/mol. The fourth-order valence-corrected chi connectivity index (χ4v) is 7.38. The average Bonchev–Trinajstić information content (AvgIpc) is 3.36. The standard InChI is InChI=1S/C41H65N3O2/c1-5-6-7-8-9-10-11-12-13-14-15-18-29-40(45)42-30-23-16-17-24-31-44(38-27-21-19-25-36(38)3,39-28-22-20-26-37(39)4)34-43-33-35(2)32-41(43)46/h19-22,25-28,35H,5-18,23-24,29-34H2,1-4H3/p+1. The summed E-state index contributed by atoms with van der Waals surface area (Å²) in [5.41, 5.74) is 5.10. The van der Waals surface area contributed by atoms with Crippen molar-refractivity contribution in [3.05, 3.63) is 59.7 Å². The summed E-state index contributed by atoms with van der Waals surface area (Å²) in [6.45, 7) is 12.1. The molecule has 5 heteroatoms. The molecule has 5 nitrogen and oxygen atoms in total. The van der Waals surface area contributed by atoms with E-state index >= 15 is 0 Å². The van der Waals surface area contributed by atoms with Crippen molar-refractivity contribution in [1.82, 2.24) is 14.7 Å². The number of carbonyl (C=O) groups excluding carboxylic acids is 2. The van der Waals surface area contributed by atoms with E-state index in [2.05, 4.69) is 86.4 Å². The Morgan fingerprint density at radius 1 is 0.739 bits per heavy atom. The van der Waals surface area contributed by atoms with Crippen molar-refractivity contribution in [2.24, 2.45) is 5.92 Å². The lowest BCUT2D eigenvalue weighted by Gasteiger charge is -2.42. The number of likely N-dealkylation sites (tertiary alicyclic amines) is 1. The van der Waals surface area contributed by atoms with Gasteiger partial charge in [-0.25, -0.2) is 4.48 Å². The zero-order chi connectivity index (χ0) is 33.0. The van der Waals surface area contributed by atoms with Gasteiger partial charge in [-0.1, -0.05) is 127 Å². The first-order chi connectivity index (χ1) is 22.4. The zero-order valence-corrected chi connectivity index (χ0v) is 30.0. The first kappa shape index (κ1) is 37.8. The van der Waals surface area contributed by atoms with Crippen LogP contribution in [0.3, 0.4) is 0 Å². The quantitative estimate of drug-likeness (QED) is 0.0925. The van der Waals surface area contributed by atoms with Gasteiger partial charge < -0.3 is 5.32 Å². The van der Waals surface area contributed by atoms with Crippen LogP contribution in [0.15, 0.2) is 48.5 Å². The van der Waals surface area contributed by atoms with E-state index in [0.717, 1.165) is 51.7 Å². The van der Waals surface area contributed by atoms with Gasteiger partial charge in [-0.15, -0.1) is 0 Å². The molecule has 0 spiro atoms. The number of unbranched alkanes of at least 4 members (excludes halogenated alkanes) is 14. The summed E-state index contributed by atoms with van der Waals surface area (Å²) < 4.78 is 0.674. The number of quaternary nitrogens is 1. The minimum absolute atomic E-state index is 0.214. The first-order valence-corrected chi connectivity index (χ1v) is 18.9. The van der Waals surface area contributed by atoms with Gasteiger partial charge in [0.1, 0.15) is 11.4 Å². The molecule has 46 heavy (non-hydrogen) atoms. The van der Waals surface area contributed by atoms with E-state index in [9.17, 15) is 9.59 Å². The van der Waals surface area contributed by atoms with E-state index in [1.807, 2.05) is 0 Å². The van der Waals surface area contributed by atoms with Crippen LogP contribution in [0.4, 0.5) is 11.4 Å². The fourth-order valence-electron chi connectivity index (χ4n) is 7.38. The van der Waals surface area contributed by atoms with E-state index in [0.29, 0.717) is 29.9 Å². The van der Waals surface area contributed by atoms with Crippen LogP contribution >= 0.6 is 0 Å². The Kier molecular flexibility index (Phi) is 17.5. The Morgan fingerprint density at radius 3 is 1.76 bits per heavy atom. The minimum atomic E-state index is 0.214. The largest absolute Gasteiger partial charge is 0.356 e. The van der Waals surface area contributed by atoms with Crippen LogP contribution in [0, 0.1) is 19.8 Å². The highest BCUT2D eigenvalue weighted by molar-refractivity contribution is 5.79. The number of nitrogens with one attached hydrogen (secondary N) is 1. The third kappa shape index (κ3) is 12.5. The number of rotatable bonds is 24. The number of nitrogens with zero attached hydrogens (tertiary/aromatic N) is 2. The second-order valence-electron chi connectivity index (χ2n) is 14.2. The van der Waals surface area contributed by atoms with Crippen LogP contribution in [0.1, 0.15) is 141 Å². The SMILES string of the molecule is CCCCCCCCCCCCCCC(=O)NCCCCCC[N+](CN1CC(C)CC1=O)(c1ccccc1C)c1ccccc1C. The summed E-state index contributed by atoms with van der Waals surface area (Å²) in [4.78, 5) is 27.6. The molecule has 1 fully saturated rings. The van der Waals surface area contributed by atoms with Crippen LogP contribution in [0.2, 0.25) is 0 Å². The molecule has 2 aromatic carbocycles. The lowest BCUT2D eigenvalue weighted by atomic mass is 10.0. The third-order valence-corrected chi connectivity index (χ3v) is 10.0. The van der Waals surface area contributed by atoms with E-state index in [1.165, 1.54) is 93.1 Å². The molecule has 1 heterocycles. The lowest BCUT2D eigenvalue weighted by Crippen LogP contribution is -2.53. The maximum atomic E-state index is 13.1. The molecule has 3 rings (SSSR count). The Morgan fingerprint density at radius 2 is 1.24 bits per heavy atom. The van der Waals surface area contributed by atoms with Crippen molar-refractivity contribution < 1.29 is 9.59 Å². The fraction of sp³-hybridized carbons (Fsp3) is 0.659. The van der Waals surface area contributed by atoms with Crippen molar-refractivity contribution in [3.8, 4) is 0 Å². The van der Waals surface area contributed by atoms with Gasteiger partial charge in [-0.05, 0) is 57.6 Å². The molecule has 0 radical (unpaired) electrons. The normalized spacial score (nSPS) is 15.1.